The van der Waals surface area contributed by atoms with Crippen LogP contribution in [-0.2, 0) is 11.1 Å². The van der Waals surface area contributed by atoms with E-state index in [1.807, 2.05) is 78.9 Å². The fourth-order valence-corrected chi connectivity index (χ4v) is 6.08. The van der Waals surface area contributed by atoms with E-state index in [1.54, 1.807) is 0 Å². The first-order valence-electron chi connectivity index (χ1n) is 9.90. The Kier molecular flexibility index (Phi) is 7.42. The Bertz CT molecular complexity index is 864. The van der Waals surface area contributed by atoms with Gasteiger partial charge in [0.1, 0.15) is 0 Å². The Balaban J connectivity index is 2.06. The zero-order chi connectivity index (χ0) is 19.7. The van der Waals surface area contributed by atoms with Crippen LogP contribution in [0.4, 0.5) is 0 Å². The molecule has 0 saturated heterocycles. The molecule has 144 valence electrons. The molecule has 0 spiro atoms. The summed E-state index contributed by atoms with van der Waals surface area (Å²) in [7, 11) is -2.97. The minimum Gasteiger partial charge on any atom is -0.296 e. The molecule has 0 radical (unpaired) electrons. The lowest BCUT2D eigenvalue weighted by Crippen LogP contribution is -2.32. The Morgan fingerprint density at radius 2 is 1.25 bits per heavy atom. The molecule has 0 aliphatic heterocycles. The molecular weight excluding hydrogens is 361 g/mol. The van der Waals surface area contributed by atoms with Crippen molar-refractivity contribution in [3.63, 3.8) is 0 Å². The molecule has 0 aliphatic rings. The molecule has 3 aromatic carbocycles. The van der Waals surface area contributed by atoms with Crippen molar-refractivity contribution < 1.29 is 4.57 Å². The summed E-state index contributed by atoms with van der Waals surface area (Å²) in [6.07, 6.45) is 6.51. The maximum Gasteiger partial charge on any atom is 0.207 e. The van der Waals surface area contributed by atoms with E-state index in [1.165, 1.54) is 5.56 Å². The van der Waals surface area contributed by atoms with Gasteiger partial charge in [-0.3, -0.25) is 4.57 Å². The van der Waals surface area contributed by atoms with Gasteiger partial charge in [0.25, 0.3) is 0 Å². The van der Waals surface area contributed by atoms with Crippen molar-refractivity contribution in [2.24, 2.45) is 0 Å². The summed E-state index contributed by atoms with van der Waals surface area (Å²) in [5, 5.41) is 1.75. The average molecular weight is 389 g/mol. The molecule has 0 atom stereocenters. The van der Waals surface area contributed by atoms with E-state index in [2.05, 4.69) is 35.9 Å². The van der Waals surface area contributed by atoms with Gasteiger partial charge in [0, 0.05) is 23.7 Å². The first kappa shape index (κ1) is 20.3. The van der Waals surface area contributed by atoms with Gasteiger partial charge in [0.15, 0.2) is 0 Å². The highest BCUT2D eigenvalue weighted by molar-refractivity contribution is 7.76. The van der Waals surface area contributed by atoms with Crippen molar-refractivity contribution in [3.05, 3.63) is 109 Å². The molecular formula is C25H28NOP. The maximum absolute atomic E-state index is 14.7. The van der Waals surface area contributed by atoms with Crippen LogP contribution in [-0.4, -0.2) is 11.2 Å². The summed E-state index contributed by atoms with van der Waals surface area (Å²) >= 11 is 0. The Morgan fingerprint density at radius 1 is 0.750 bits per heavy atom. The molecule has 0 aliphatic carbocycles. The lowest BCUT2D eigenvalue weighted by Gasteiger charge is -2.32. The summed E-state index contributed by atoms with van der Waals surface area (Å²) in [6, 6.07) is 30.1. The predicted octanol–water partition coefficient (Wildman–Crippen LogP) is 5.77. The fourth-order valence-electron chi connectivity index (χ4n) is 3.29. The van der Waals surface area contributed by atoms with Crippen LogP contribution in [0.5, 0.6) is 0 Å². The minimum absolute atomic E-state index is 0.637. The van der Waals surface area contributed by atoms with E-state index in [0.717, 1.165) is 23.5 Å². The van der Waals surface area contributed by atoms with Crippen LogP contribution in [0.3, 0.4) is 0 Å². The monoisotopic (exact) mass is 389 g/mol. The van der Waals surface area contributed by atoms with Gasteiger partial charge in [0.2, 0.25) is 7.29 Å². The molecule has 3 aromatic rings. The Morgan fingerprint density at radius 3 is 1.75 bits per heavy atom. The zero-order valence-electron chi connectivity index (χ0n) is 16.4. The third-order valence-corrected chi connectivity index (χ3v) is 7.85. The molecule has 28 heavy (non-hydrogen) atoms. The van der Waals surface area contributed by atoms with Crippen molar-refractivity contribution in [1.82, 2.24) is 4.67 Å². The van der Waals surface area contributed by atoms with Gasteiger partial charge in [-0.2, -0.15) is 0 Å². The van der Waals surface area contributed by atoms with Gasteiger partial charge in [-0.15, -0.1) is 0 Å². The minimum atomic E-state index is -2.97. The van der Waals surface area contributed by atoms with E-state index < -0.39 is 7.29 Å². The number of benzene rings is 3. The van der Waals surface area contributed by atoms with Crippen LogP contribution in [0, 0.1) is 0 Å². The topological polar surface area (TPSA) is 20.3 Å². The van der Waals surface area contributed by atoms with Gasteiger partial charge in [0.05, 0.1) is 0 Å². The fraction of sp³-hybridized carbons (Fsp3) is 0.200. The molecule has 0 saturated carbocycles. The highest BCUT2D eigenvalue weighted by atomic mass is 31.2. The highest BCUT2D eigenvalue weighted by Gasteiger charge is 2.33. The zero-order valence-corrected chi connectivity index (χ0v) is 17.3. The van der Waals surface area contributed by atoms with Crippen molar-refractivity contribution in [3.8, 4) is 0 Å². The molecule has 0 fully saturated rings. The third kappa shape index (κ3) is 4.90. The van der Waals surface area contributed by atoms with E-state index in [4.69, 9.17) is 0 Å². The van der Waals surface area contributed by atoms with E-state index >= 15 is 0 Å². The first-order chi connectivity index (χ1) is 13.7. The van der Waals surface area contributed by atoms with E-state index in [9.17, 15) is 4.57 Å². The van der Waals surface area contributed by atoms with Crippen molar-refractivity contribution >= 4 is 17.9 Å². The normalized spacial score (nSPS) is 11.9. The summed E-state index contributed by atoms with van der Waals surface area (Å²) in [5.74, 6) is 0. The van der Waals surface area contributed by atoms with Crippen LogP contribution in [0.2, 0.25) is 0 Å². The molecule has 0 aromatic heterocycles. The number of hydrogen-bond donors (Lipinski definition) is 0. The second-order valence-electron chi connectivity index (χ2n) is 6.84. The summed E-state index contributed by atoms with van der Waals surface area (Å²) in [4.78, 5) is 0. The van der Waals surface area contributed by atoms with Gasteiger partial charge in [-0.1, -0.05) is 92.2 Å². The van der Waals surface area contributed by atoms with Crippen molar-refractivity contribution in [2.45, 2.75) is 26.3 Å². The summed E-state index contributed by atoms with van der Waals surface area (Å²) in [6.45, 7) is 3.46. The molecule has 0 bridgehead atoms. The van der Waals surface area contributed by atoms with Crippen molar-refractivity contribution in [1.29, 1.82) is 0 Å². The van der Waals surface area contributed by atoms with Crippen LogP contribution in [0.25, 0.3) is 0 Å². The molecule has 3 rings (SSSR count). The van der Waals surface area contributed by atoms with Crippen molar-refractivity contribution in [2.75, 3.05) is 6.54 Å². The molecule has 2 nitrogen and oxygen atoms in total. The quantitative estimate of drug-likeness (QED) is 0.342. The second kappa shape index (κ2) is 10.2. The second-order valence-corrected chi connectivity index (χ2v) is 9.59. The lowest BCUT2D eigenvalue weighted by atomic mass is 10.2. The standard InChI is InChI=1S/C25H28NOP/c1-2-3-4-14-21-26(22-23-15-8-5-9-16-23)28(27,24-17-10-6-11-18-24)25-19-12-7-13-20-25/h4-20H,2-3,21-22H2,1H3/b14-4+. The predicted molar refractivity (Wildman–Crippen MR) is 121 cm³/mol. The Labute approximate surface area is 169 Å². The molecule has 0 heterocycles. The number of nitrogens with zero attached hydrogens (tertiary/aromatic N) is 1. The third-order valence-electron chi connectivity index (χ3n) is 4.76. The molecule has 0 N–H and O–H groups in total. The van der Waals surface area contributed by atoms with E-state index in [-0.39, 0.29) is 0 Å². The van der Waals surface area contributed by atoms with Gasteiger partial charge >= 0.3 is 0 Å². The van der Waals surface area contributed by atoms with Gasteiger partial charge in [-0.05, 0) is 36.2 Å². The van der Waals surface area contributed by atoms with Crippen LogP contribution in [0.15, 0.2) is 103 Å². The summed E-state index contributed by atoms with van der Waals surface area (Å²) in [5.41, 5.74) is 1.17. The van der Waals surface area contributed by atoms with Crippen LogP contribution in [0.1, 0.15) is 25.3 Å². The molecule has 0 unspecified atom stereocenters. The van der Waals surface area contributed by atoms with Gasteiger partial charge < -0.3 is 0 Å². The average Bonchev–Trinajstić information content (AvgIpc) is 2.77. The van der Waals surface area contributed by atoms with Crippen LogP contribution < -0.4 is 10.6 Å². The Hall–Kier alpha value is -2.41. The van der Waals surface area contributed by atoms with Gasteiger partial charge in [-0.25, -0.2) is 4.67 Å². The SMILES string of the molecule is CCC/C=C/CN(Cc1ccccc1)P(=O)(c1ccccc1)c1ccccc1. The lowest BCUT2D eigenvalue weighted by molar-refractivity contribution is 0.451. The number of unbranched alkanes of at least 4 members (excludes halogenated alkanes) is 1. The molecule has 3 heteroatoms. The largest absolute Gasteiger partial charge is 0.296 e. The van der Waals surface area contributed by atoms with E-state index in [0.29, 0.717) is 13.1 Å². The van der Waals surface area contributed by atoms with Crippen LogP contribution >= 0.6 is 7.29 Å². The number of rotatable bonds is 9. The summed E-state index contributed by atoms with van der Waals surface area (Å²) < 4.78 is 16.8. The molecule has 0 amide bonds. The highest BCUT2D eigenvalue weighted by Crippen LogP contribution is 2.48. The maximum atomic E-state index is 14.7. The first-order valence-corrected chi connectivity index (χ1v) is 11.6. The smallest absolute Gasteiger partial charge is 0.207 e. The number of allylic oxidation sites excluding steroid dienone is 1. The number of hydrogen-bond acceptors (Lipinski definition) is 1.